The number of nitrogens with one attached hydrogen (secondary N) is 1. The summed E-state index contributed by atoms with van der Waals surface area (Å²) >= 11 is 0. The normalized spacial score (nSPS) is 17.4. The lowest BCUT2D eigenvalue weighted by Crippen LogP contribution is -2.48. The highest BCUT2D eigenvalue weighted by atomic mass is 16.6. The number of nitrogens with zero attached hydrogens (tertiary/aromatic N) is 3. The summed E-state index contributed by atoms with van der Waals surface area (Å²) in [5.74, 6) is 1.07. The third-order valence-corrected chi connectivity index (χ3v) is 6.07. The molecular weight excluding hydrogens is 396 g/mol. The highest BCUT2D eigenvalue weighted by Gasteiger charge is 2.27. The van der Waals surface area contributed by atoms with Crippen LogP contribution in [0.3, 0.4) is 0 Å². The molecule has 2 saturated heterocycles. The quantitative estimate of drug-likeness (QED) is 0.771. The molecule has 0 spiro atoms. The molecule has 0 radical (unpaired) electrons. The Hall–Kier alpha value is -3.03. The van der Waals surface area contributed by atoms with Gasteiger partial charge < -0.3 is 19.0 Å². The number of oxazole rings is 1. The Labute approximate surface area is 182 Å². The van der Waals surface area contributed by atoms with Crippen molar-refractivity contribution in [2.45, 2.75) is 45.1 Å². The largest absolute Gasteiger partial charge is 0.445 e. The molecule has 3 heterocycles. The van der Waals surface area contributed by atoms with Crippen molar-refractivity contribution in [3.8, 4) is 0 Å². The predicted octanol–water partition coefficient (Wildman–Crippen LogP) is 4.28. The standard InChI is InChI=1S/C23H30N4O4/c28-22(30-16-21-15-24-17-31-21)25-20-6-4-18(5-7-20)14-19-8-12-27(13-9-19)23(29)26-10-2-1-3-11-26/h4-7,15,17,19H,1-3,8-14,16H2,(H,25,28). The van der Waals surface area contributed by atoms with E-state index in [2.05, 4.69) is 10.3 Å². The average molecular weight is 427 g/mol. The van der Waals surface area contributed by atoms with Crippen LogP contribution in [0, 0.1) is 5.92 Å². The zero-order chi connectivity index (χ0) is 21.5. The Balaban J connectivity index is 1.19. The maximum Gasteiger partial charge on any atom is 0.412 e. The molecule has 2 aliphatic rings. The number of hydrogen-bond donors (Lipinski definition) is 1. The fourth-order valence-corrected chi connectivity index (χ4v) is 4.28. The number of amides is 3. The molecule has 1 N–H and O–H groups in total. The SMILES string of the molecule is O=C(Nc1ccc(CC2CCN(C(=O)N3CCCCC3)CC2)cc1)OCc1cnco1. The number of piperidine rings is 2. The van der Waals surface area contributed by atoms with Gasteiger partial charge in [-0.25, -0.2) is 14.6 Å². The second-order valence-electron chi connectivity index (χ2n) is 8.33. The highest BCUT2D eigenvalue weighted by Crippen LogP contribution is 2.24. The van der Waals surface area contributed by atoms with Crippen LogP contribution in [0.25, 0.3) is 0 Å². The summed E-state index contributed by atoms with van der Waals surface area (Å²) in [4.78, 5) is 32.4. The minimum Gasteiger partial charge on any atom is -0.445 e. The molecule has 1 aromatic carbocycles. The molecule has 4 rings (SSSR count). The summed E-state index contributed by atoms with van der Waals surface area (Å²) in [5.41, 5.74) is 1.93. The Morgan fingerprint density at radius 1 is 1.03 bits per heavy atom. The summed E-state index contributed by atoms with van der Waals surface area (Å²) in [6, 6.07) is 8.08. The lowest BCUT2D eigenvalue weighted by atomic mass is 9.90. The van der Waals surface area contributed by atoms with E-state index in [0.717, 1.165) is 58.3 Å². The topological polar surface area (TPSA) is 87.9 Å². The fourth-order valence-electron chi connectivity index (χ4n) is 4.28. The zero-order valence-corrected chi connectivity index (χ0v) is 17.8. The number of hydrogen-bond acceptors (Lipinski definition) is 5. The molecule has 8 nitrogen and oxygen atoms in total. The van der Waals surface area contributed by atoms with Crippen LogP contribution in [0.1, 0.15) is 43.4 Å². The van der Waals surface area contributed by atoms with Gasteiger partial charge >= 0.3 is 12.1 Å². The lowest BCUT2D eigenvalue weighted by Gasteiger charge is -2.37. The number of carbonyl (C=O) groups is 2. The molecule has 0 aliphatic carbocycles. The van der Waals surface area contributed by atoms with Gasteiger partial charge in [-0.3, -0.25) is 5.32 Å². The second-order valence-corrected chi connectivity index (χ2v) is 8.33. The summed E-state index contributed by atoms with van der Waals surface area (Å²) < 4.78 is 10.1. The molecule has 8 heteroatoms. The van der Waals surface area contributed by atoms with E-state index in [-0.39, 0.29) is 12.6 Å². The van der Waals surface area contributed by atoms with E-state index in [0.29, 0.717) is 17.4 Å². The van der Waals surface area contributed by atoms with Crippen LogP contribution in [0.15, 0.2) is 41.3 Å². The Bertz CT molecular complexity index is 839. The molecule has 0 unspecified atom stereocenters. The number of urea groups is 1. The van der Waals surface area contributed by atoms with Gasteiger partial charge in [0.05, 0.1) is 6.20 Å². The first kappa shape index (κ1) is 21.2. The van der Waals surface area contributed by atoms with Crippen molar-refractivity contribution in [2.24, 2.45) is 5.92 Å². The van der Waals surface area contributed by atoms with Crippen molar-refractivity contribution < 1.29 is 18.7 Å². The van der Waals surface area contributed by atoms with Crippen LogP contribution in [0.5, 0.6) is 0 Å². The summed E-state index contributed by atoms with van der Waals surface area (Å²) in [5, 5.41) is 2.71. The van der Waals surface area contributed by atoms with Gasteiger partial charge in [0.15, 0.2) is 18.8 Å². The van der Waals surface area contributed by atoms with Crippen molar-refractivity contribution in [2.75, 3.05) is 31.5 Å². The van der Waals surface area contributed by atoms with E-state index < -0.39 is 6.09 Å². The van der Waals surface area contributed by atoms with Crippen LogP contribution in [0.2, 0.25) is 0 Å². The van der Waals surface area contributed by atoms with E-state index >= 15 is 0 Å². The van der Waals surface area contributed by atoms with Crippen molar-refractivity contribution in [1.82, 2.24) is 14.8 Å². The van der Waals surface area contributed by atoms with Gasteiger partial charge in [-0.05, 0) is 62.1 Å². The number of anilines is 1. The number of carbonyl (C=O) groups excluding carboxylic acids is 2. The first-order valence-corrected chi connectivity index (χ1v) is 11.1. The molecule has 3 amide bonds. The Kier molecular flexibility index (Phi) is 7.07. The van der Waals surface area contributed by atoms with E-state index in [1.54, 1.807) is 0 Å². The molecule has 31 heavy (non-hydrogen) atoms. The molecule has 166 valence electrons. The van der Waals surface area contributed by atoms with Gasteiger partial charge in [-0.1, -0.05) is 12.1 Å². The lowest BCUT2D eigenvalue weighted by molar-refractivity contribution is 0.125. The fraction of sp³-hybridized carbons (Fsp3) is 0.522. The molecule has 2 aromatic rings. The van der Waals surface area contributed by atoms with Crippen LogP contribution < -0.4 is 5.32 Å². The van der Waals surface area contributed by atoms with Crippen LogP contribution >= 0.6 is 0 Å². The highest BCUT2D eigenvalue weighted by molar-refractivity contribution is 5.84. The van der Waals surface area contributed by atoms with E-state index in [1.807, 2.05) is 34.1 Å². The summed E-state index contributed by atoms with van der Waals surface area (Å²) in [7, 11) is 0. The maximum atomic E-state index is 12.7. The second kappa shape index (κ2) is 10.3. The number of aromatic nitrogens is 1. The number of ether oxygens (including phenoxy) is 1. The average Bonchev–Trinajstić information content (AvgIpc) is 3.33. The van der Waals surface area contributed by atoms with Gasteiger partial charge in [0.25, 0.3) is 0 Å². The number of rotatable bonds is 5. The van der Waals surface area contributed by atoms with Crippen molar-refractivity contribution in [3.05, 3.63) is 48.2 Å². The molecule has 0 atom stereocenters. The third kappa shape index (κ3) is 5.99. The third-order valence-electron chi connectivity index (χ3n) is 6.07. The van der Waals surface area contributed by atoms with E-state index in [4.69, 9.17) is 9.15 Å². The summed E-state index contributed by atoms with van der Waals surface area (Å²) in [6.45, 7) is 3.55. The van der Waals surface area contributed by atoms with Gasteiger partial charge in [0, 0.05) is 31.9 Å². The minimum atomic E-state index is -0.533. The minimum absolute atomic E-state index is 0.0445. The van der Waals surface area contributed by atoms with Crippen molar-refractivity contribution >= 4 is 17.8 Å². The maximum absolute atomic E-state index is 12.7. The molecule has 1 aromatic heterocycles. The number of likely N-dealkylation sites (tertiary alicyclic amines) is 2. The van der Waals surface area contributed by atoms with Crippen molar-refractivity contribution in [3.63, 3.8) is 0 Å². The van der Waals surface area contributed by atoms with E-state index in [1.165, 1.54) is 24.6 Å². The molecule has 0 saturated carbocycles. The Morgan fingerprint density at radius 2 is 1.74 bits per heavy atom. The molecule has 2 aliphatic heterocycles. The first-order valence-electron chi connectivity index (χ1n) is 11.1. The van der Waals surface area contributed by atoms with Crippen LogP contribution in [-0.2, 0) is 17.8 Å². The van der Waals surface area contributed by atoms with Crippen molar-refractivity contribution in [1.29, 1.82) is 0 Å². The number of benzene rings is 1. The van der Waals surface area contributed by atoms with Gasteiger partial charge in [0.2, 0.25) is 0 Å². The van der Waals surface area contributed by atoms with E-state index in [9.17, 15) is 9.59 Å². The van der Waals surface area contributed by atoms with Crippen LogP contribution in [0.4, 0.5) is 15.3 Å². The molecular formula is C23H30N4O4. The van der Waals surface area contributed by atoms with Crippen LogP contribution in [-0.4, -0.2) is 53.1 Å². The molecule has 2 fully saturated rings. The van der Waals surface area contributed by atoms with Gasteiger partial charge in [-0.2, -0.15) is 0 Å². The smallest absolute Gasteiger partial charge is 0.412 e. The first-order chi connectivity index (χ1) is 15.2. The van der Waals surface area contributed by atoms with Gasteiger partial charge in [-0.15, -0.1) is 0 Å². The monoisotopic (exact) mass is 426 g/mol. The molecule has 0 bridgehead atoms. The predicted molar refractivity (Wildman–Crippen MR) is 116 cm³/mol. The summed E-state index contributed by atoms with van der Waals surface area (Å²) in [6.07, 6.45) is 8.84. The Morgan fingerprint density at radius 3 is 2.42 bits per heavy atom. The van der Waals surface area contributed by atoms with Gasteiger partial charge in [0.1, 0.15) is 0 Å². The zero-order valence-electron chi connectivity index (χ0n) is 17.8.